The number of rotatable bonds is 3. The Hall–Kier alpha value is -2.98. The zero-order valence-electron chi connectivity index (χ0n) is 14.9. The van der Waals surface area contributed by atoms with E-state index in [2.05, 4.69) is 10.3 Å². The third kappa shape index (κ3) is 3.20. The van der Waals surface area contributed by atoms with E-state index in [0.29, 0.717) is 35.1 Å². The molecule has 0 fully saturated rings. The molecule has 0 bridgehead atoms. The minimum Gasteiger partial charge on any atom is -0.453 e. The second-order valence-electron chi connectivity index (χ2n) is 6.15. The zero-order valence-corrected chi connectivity index (χ0v) is 16.5. The molecular weight excluding hydrogens is 400 g/mol. The highest BCUT2D eigenvalue weighted by Crippen LogP contribution is 2.37. The van der Waals surface area contributed by atoms with Gasteiger partial charge in [-0.25, -0.2) is 9.78 Å². The van der Waals surface area contributed by atoms with E-state index < -0.39 is 17.9 Å². The summed E-state index contributed by atoms with van der Waals surface area (Å²) in [6, 6.07) is 7.47. The first-order valence-corrected chi connectivity index (χ1v) is 10.1. The topological polar surface area (TPSA) is 115 Å². The van der Waals surface area contributed by atoms with Gasteiger partial charge in [-0.3, -0.25) is 9.59 Å². The first-order chi connectivity index (χ1) is 13.5. The van der Waals surface area contributed by atoms with Crippen LogP contribution in [0.3, 0.4) is 0 Å². The Morgan fingerprint density at radius 3 is 2.75 bits per heavy atom. The van der Waals surface area contributed by atoms with Gasteiger partial charge in [0.1, 0.15) is 5.00 Å². The molecule has 8 nitrogen and oxygen atoms in total. The van der Waals surface area contributed by atoms with Crippen LogP contribution in [-0.4, -0.2) is 41.4 Å². The molecule has 28 heavy (non-hydrogen) atoms. The zero-order chi connectivity index (χ0) is 19.8. The number of nitrogens with two attached hydrogens (primary N) is 1. The Kier molecular flexibility index (Phi) is 4.73. The summed E-state index contributed by atoms with van der Waals surface area (Å²) in [5, 5.41) is 3.46. The predicted molar refractivity (Wildman–Crippen MR) is 107 cm³/mol. The molecule has 0 radical (unpaired) electrons. The maximum atomic E-state index is 12.7. The Morgan fingerprint density at radius 2 is 2.04 bits per heavy atom. The van der Waals surface area contributed by atoms with E-state index >= 15 is 0 Å². The van der Waals surface area contributed by atoms with Gasteiger partial charge in [0.2, 0.25) is 0 Å². The van der Waals surface area contributed by atoms with Gasteiger partial charge in [-0.2, -0.15) is 0 Å². The number of fused-ring (bicyclic) bond motifs is 2. The molecule has 0 saturated heterocycles. The standard InChI is InChI=1S/C18H16N4O4S2/c1-26-18(25)22-7-6-9-12(8-22)28-16(13(9)14(19)23)21-15(24)17-20-10-4-2-3-5-11(10)27-17/h2-5H,6-8H2,1H3,(H2,19,23)(H,21,24). The first kappa shape index (κ1) is 18.4. The largest absolute Gasteiger partial charge is 0.453 e. The van der Waals surface area contributed by atoms with Crippen LogP contribution in [0.4, 0.5) is 9.80 Å². The fraction of sp³-hybridized carbons (Fsp3) is 0.222. The van der Waals surface area contributed by atoms with Crippen molar-refractivity contribution in [3.8, 4) is 0 Å². The molecule has 0 saturated carbocycles. The summed E-state index contributed by atoms with van der Waals surface area (Å²) in [6.07, 6.45) is 0.0377. The molecule has 3 N–H and O–H groups in total. The third-order valence-corrected chi connectivity index (χ3v) is 6.62. The van der Waals surface area contributed by atoms with E-state index in [9.17, 15) is 14.4 Å². The van der Waals surface area contributed by atoms with Crippen LogP contribution in [-0.2, 0) is 17.7 Å². The van der Waals surface area contributed by atoms with Crippen molar-refractivity contribution >= 4 is 55.8 Å². The fourth-order valence-corrected chi connectivity index (χ4v) is 5.29. The van der Waals surface area contributed by atoms with Crippen LogP contribution in [0.25, 0.3) is 10.2 Å². The van der Waals surface area contributed by atoms with Crippen molar-refractivity contribution in [2.24, 2.45) is 5.73 Å². The monoisotopic (exact) mass is 416 g/mol. The highest BCUT2D eigenvalue weighted by molar-refractivity contribution is 7.20. The minimum atomic E-state index is -0.608. The van der Waals surface area contributed by atoms with Crippen LogP contribution in [0.15, 0.2) is 24.3 Å². The van der Waals surface area contributed by atoms with E-state index in [-0.39, 0.29) is 0 Å². The summed E-state index contributed by atoms with van der Waals surface area (Å²) in [5.41, 5.74) is 7.40. The van der Waals surface area contributed by atoms with Gasteiger partial charge in [-0.05, 0) is 24.1 Å². The summed E-state index contributed by atoms with van der Waals surface area (Å²) >= 11 is 2.52. The average Bonchev–Trinajstić information content (AvgIpc) is 3.27. The van der Waals surface area contributed by atoms with Gasteiger partial charge in [0, 0.05) is 11.4 Å². The highest BCUT2D eigenvalue weighted by atomic mass is 32.1. The van der Waals surface area contributed by atoms with Gasteiger partial charge in [-0.15, -0.1) is 22.7 Å². The van der Waals surface area contributed by atoms with Crippen LogP contribution < -0.4 is 11.1 Å². The SMILES string of the molecule is COC(=O)N1CCc2c(sc(NC(=O)c3nc4ccccc4s3)c2C(N)=O)C1. The van der Waals surface area contributed by atoms with Crippen molar-refractivity contribution in [1.29, 1.82) is 0 Å². The molecule has 4 rings (SSSR count). The summed E-state index contributed by atoms with van der Waals surface area (Å²) in [4.78, 5) is 43.2. The number of hydrogen-bond donors (Lipinski definition) is 2. The molecule has 0 spiro atoms. The highest BCUT2D eigenvalue weighted by Gasteiger charge is 2.30. The third-order valence-electron chi connectivity index (χ3n) is 4.45. The van der Waals surface area contributed by atoms with Gasteiger partial charge in [-0.1, -0.05) is 12.1 Å². The fourth-order valence-electron chi connectivity index (χ4n) is 3.16. The van der Waals surface area contributed by atoms with Crippen LogP contribution >= 0.6 is 22.7 Å². The molecule has 2 aromatic heterocycles. The van der Waals surface area contributed by atoms with Gasteiger partial charge in [0.25, 0.3) is 11.8 Å². The molecule has 3 aromatic rings. The lowest BCUT2D eigenvalue weighted by atomic mass is 10.0. The van der Waals surface area contributed by atoms with Crippen LogP contribution in [0.1, 0.15) is 30.6 Å². The lowest BCUT2D eigenvalue weighted by Crippen LogP contribution is -2.35. The Labute approximate surface area is 167 Å². The van der Waals surface area contributed by atoms with E-state index in [0.717, 1.165) is 20.7 Å². The number of nitrogens with zero attached hydrogens (tertiary/aromatic N) is 2. The molecule has 144 valence electrons. The van der Waals surface area contributed by atoms with Crippen molar-refractivity contribution < 1.29 is 19.1 Å². The first-order valence-electron chi connectivity index (χ1n) is 8.42. The molecule has 0 atom stereocenters. The van der Waals surface area contributed by atoms with Crippen LogP contribution in [0.5, 0.6) is 0 Å². The number of benzene rings is 1. The number of aromatic nitrogens is 1. The van der Waals surface area contributed by atoms with E-state index in [4.69, 9.17) is 10.5 Å². The Morgan fingerprint density at radius 1 is 1.25 bits per heavy atom. The predicted octanol–water partition coefficient (Wildman–Crippen LogP) is 2.83. The number of carbonyl (C=O) groups excluding carboxylic acids is 3. The van der Waals surface area contributed by atoms with Gasteiger partial charge < -0.3 is 20.7 Å². The molecule has 1 aliphatic heterocycles. The molecule has 0 aliphatic carbocycles. The number of para-hydroxylation sites is 1. The van der Waals surface area contributed by atoms with Gasteiger partial charge in [0.05, 0.1) is 29.4 Å². The lowest BCUT2D eigenvalue weighted by molar-refractivity contribution is 0.0999. The maximum absolute atomic E-state index is 12.7. The number of thiazole rings is 1. The summed E-state index contributed by atoms with van der Waals surface area (Å²) in [5.74, 6) is -1.00. The second kappa shape index (κ2) is 7.21. The van der Waals surface area contributed by atoms with Crippen LogP contribution in [0.2, 0.25) is 0 Å². The van der Waals surface area contributed by atoms with Gasteiger partial charge >= 0.3 is 6.09 Å². The molecule has 1 aliphatic rings. The minimum absolute atomic E-state index is 0.305. The van der Waals surface area contributed by atoms with E-state index in [1.807, 2.05) is 24.3 Å². The number of methoxy groups -OCH3 is 1. The van der Waals surface area contributed by atoms with E-state index in [1.54, 1.807) is 4.90 Å². The lowest BCUT2D eigenvalue weighted by Gasteiger charge is -2.25. The molecule has 10 heteroatoms. The number of nitrogens with one attached hydrogen (secondary N) is 1. The van der Waals surface area contributed by atoms with Crippen molar-refractivity contribution in [3.05, 3.63) is 45.3 Å². The normalized spacial score (nSPS) is 13.2. The second-order valence-corrected chi connectivity index (χ2v) is 8.29. The summed E-state index contributed by atoms with van der Waals surface area (Å²) < 4.78 is 5.67. The molecular formula is C18H16N4O4S2. The maximum Gasteiger partial charge on any atom is 0.409 e. The van der Waals surface area contributed by atoms with Gasteiger partial charge in [0.15, 0.2) is 5.01 Å². The van der Waals surface area contributed by atoms with Crippen LogP contribution in [0, 0.1) is 0 Å². The molecule has 1 aromatic carbocycles. The quantitative estimate of drug-likeness (QED) is 0.681. The van der Waals surface area contributed by atoms with Crippen molar-refractivity contribution in [1.82, 2.24) is 9.88 Å². The van der Waals surface area contributed by atoms with Crippen molar-refractivity contribution in [3.63, 3.8) is 0 Å². The molecule has 3 heterocycles. The Bertz CT molecular complexity index is 1070. The number of anilines is 1. The number of thiophene rings is 1. The molecule has 0 unspecified atom stereocenters. The Balaban J connectivity index is 1.64. The smallest absolute Gasteiger partial charge is 0.409 e. The van der Waals surface area contributed by atoms with E-state index in [1.165, 1.54) is 29.8 Å². The number of amides is 3. The number of hydrogen-bond acceptors (Lipinski definition) is 7. The molecule has 3 amide bonds. The summed E-state index contributed by atoms with van der Waals surface area (Å²) in [7, 11) is 1.32. The number of carbonyl (C=O) groups is 3. The number of ether oxygens (including phenoxy) is 1. The summed E-state index contributed by atoms with van der Waals surface area (Å²) in [6.45, 7) is 0.728. The van der Waals surface area contributed by atoms with Crippen molar-refractivity contribution in [2.45, 2.75) is 13.0 Å². The average molecular weight is 416 g/mol. The number of primary amides is 1. The van der Waals surface area contributed by atoms with Crippen molar-refractivity contribution in [2.75, 3.05) is 19.0 Å².